The van der Waals surface area contributed by atoms with Crippen LogP contribution in [-0.4, -0.2) is 23.1 Å². The van der Waals surface area contributed by atoms with E-state index in [0.29, 0.717) is 11.8 Å². The Kier molecular flexibility index (Phi) is 6.33. The fourth-order valence-corrected chi connectivity index (χ4v) is 5.17. The lowest BCUT2D eigenvalue weighted by Crippen LogP contribution is -2.26. The second-order valence-electron chi connectivity index (χ2n) is 8.70. The first-order valence-electron chi connectivity index (χ1n) is 11.2. The molecule has 32 heavy (non-hydrogen) atoms. The molecular formula is C26H26Cl2N4. The molecule has 2 aromatic heterocycles. The van der Waals surface area contributed by atoms with Gasteiger partial charge in [0.1, 0.15) is 0 Å². The zero-order valence-corrected chi connectivity index (χ0v) is 19.3. The minimum Gasteiger partial charge on any atom is -0.384 e. The second kappa shape index (κ2) is 9.51. The summed E-state index contributed by atoms with van der Waals surface area (Å²) in [6.45, 7) is 1.96. The lowest BCUT2D eigenvalue weighted by atomic mass is 9.81. The quantitative estimate of drug-likeness (QED) is 0.311. The summed E-state index contributed by atoms with van der Waals surface area (Å²) in [5, 5.41) is 11.0. The number of benzene rings is 2. The summed E-state index contributed by atoms with van der Waals surface area (Å²) in [6.07, 6.45) is 8.74. The van der Waals surface area contributed by atoms with Gasteiger partial charge in [-0.25, -0.2) is 0 Å². The van der Waals surface area contributed by atoms with Crippen LogP contribution >= 0.6 is 23.2 Å². The largest absolute Gasteiger partial charge is 0.384 e. The monoisotopic (exact) mass is 464 g/mol. The molecule has 4 aromatic rings. The highest BCUT2D eigenvalue weighted by Crippen LogP contribution is 2.32. The molecule has 0 bridgehead atoms. The van der Waals surface area contributed by atoms with Crippen LogP contribution in [0.15, 0.2) is 60.9 Å². The highest BCUT2D eigenvalue weighted by molar-refractivity contribution is 6.31. The van der Waals surface area contributed by atoms with E-state index in [0.717, 1.165) is 56.3 Å². The molecule has 0 radical (unpaired) electrons. The third-order valence-electron chi connectivity index (χ3n) is 6.46. The van der Waals surface area contributed by atoms with E-state index in [1.54, 1.807) is 0 Å². The molecule has 2 N–H and O–H groups in total. The smallest absolute Gasteiger partial charge is 0.0737 e. The van der Waals surface area contributed by atoms with Crippen LogP contribution in [0, 0.1) is 11.8 Å². The van der Waals surface area contributed by atoms with Gasteiger partial charge in [-0.15, -0.1) is 0 Å². The lowest BCUT2D eigenvalue weighted by molar-refractivity contribution is 0.286. The molecule has 0 spiro atoms. The number of halogens is 2. The number of aromatic nitrogens is 2. The molecule has 6 heteroatoms. The fourth-order valence-electron chi connectivity index (χ4n) is 4.83. The van der Waals surface area contributed by atoms with Crippen LogP contribution in [0.1, 0.15) is 25.7 Å². The number of fused-ring (bicyclic) bond motifs is 2. The molecule has 1 aliphatic carbocycles. The molecule has 2 unspecified atom stereocenters. The first kappa shape index (κ1) is 21.3. The van der Waals surface area contributed by atoms with Gasteiger partial charge in [0.15, 0.2) is 0 Å². The van der Waals surface area contributed by atoms with E-state index >= 15 is 0 Å². The standard InChI is InChI=1S/C26H26Cl2N4/c27-19-4-6-21-23(8-10-29-25(21)13-19)31-15-17-2-1-3-18(12-17)16-32-24-9-11-30-26-14-20(28)5-7-22(24)26/h4-11,13-14,17-18H,1-3,12,15-16H2,(H,29,31)(H,30,32). The van der Waals surface area contributed by atoms with Gasteiger partial charge in [-0.05, 0) is 79.6 Å². The molecule has 0 saturated heterocycles. The Morgan fingerprint density at radius 2 is 1.22 bits per heavy atom. The number of rotatable bonds is 6. The zero-order chi connectivity index (χ0) is 21.9. The summed E-state index contributed by atoms with van der Waals surface area (Å²) in [7, 11) is 0. The minimum absolute atomic E-state index is 0.666. The van der Waals surface area contributed by atoms with Crippen LogP contribution in [0.3, 0.4) is 0 Å². The molecular weight excluding hydrogens is 439 g/mol. The van der Waals surface area contributed by atoms with Crippen molar-refractivity contribution in [2.75, 3.05) is 23.7 Å². The Morgan fingerprint density at radius 3 is 1.72 bits per heavy atom. The van der Waals surface area contributed by atoms with E-state index in [2.05, 4.69) is 32.7 Å². The van der Waals surface area contributed by atoms with Gasteiger partial charge in [0.05, 0.1) is 11.0 Å². The van der Waals surface area contributed by atoms with E-state index in [9.17, 15) is 0 Å². The van der Waals surface area contributed by atoms with Crippen molar-refractivity contribution in [1.82, 2.24) is 9.97 Å². The maximum absolute atomic E-state index is 6.12. The predicted molar refractivity (Wildman–Crippen MR) is 136 cm³/mol. The molecule has 4 nitrogen and oxygen atoms in total. The van der Waals surface area contributed by atoms with E-state index in [-0.39, 0.29) is 0 Å². The molecule has 2 atom stereocenters. The molecule has 5 rings (SSSR count). The Labute approximate surface area is 198 Å². The molecule has 2 heterocycles. The van der Waals surface area contributed by atoms with Gasteiger partial charge in [-0.2, -0.15) is 0 Å². The molecule has 1 aliphatic rings. The Bertz CT molecular complexity index is 1150. The highest BCUT2D eigenvalue weighted by Gasteiger charge is 2.22. The first-order chi connectivity index (χ1) is 15.7. The van der Waals surface area contributed by atoms with Gasteiger partial charge in [0.2, 0.25) is 0 Å². The lowest BCUT2D eigenvalue weighted by Gasteiger charge is -2.30. The van der Waals surface area contributed by atoms with Gasteiger partial charge in [-0.3, -0.25) is 9.97 Å². The highest BCUT2D eigenvalue weighted by atomic mass is 35.5. The molecule has 0 aliphatic heterocycles. The number of pyridine rings is 2. The van der Waals surface area contributed by atoms with Crippen molar-refractivity contribution < 1.29 is 0 Å². The Morgan fingerprint density at radius 1 is 0.719 bits per heavy atom. The fraction of sp³-hybridized carbons (Fsp3) is 0.308. The number of hydrogen-bond acceptors (Lipinski definition) is 4. The van der Waals surface area contributed by atoms with E-state index < -0.39 is 0 Å². The van der Waals surface area contributed by atoms with Crippen molar-refractivity contribution in [3.8, 4) is 0 Å². The van der Waals surface area contributed by atoms with Crippen LogP contribution in [0.5, 0.6) is 0 Å². The van der Waals surface area contributed by atoms with Gasteiger partial charge in [-0.1, -0.05) is 29.6 Å². The summed E-state index contributed by atoms with van der Waals surface area (Å²) >= 11 is 12.2. The van der Waals surface area contributed by atoms with Crippen molar-refractivity contribution in [1.29, 1.82) is 0 Å². The zero-order valence-electron chi connectivity index (χ0n) is 17.8. The SMILES string of the molecule is Clc1ccc2c(NCC3CCCC(CNc4ccnc5cc(Cl)ccc45)C3)ccnc2c1. The number of nitrogens with one attached hydrogen (secondary N) is 2. The normalized spacial score (nSPS) is 18.7. The third kappa shape index (κ3) is 4.77. The van der Waals surface area contributed by atoms with Crippen LogP contribution < -0.4 is 10.6 Å². The second-order valence-corrected chi connectivity index (χ2v) is 9.57. The first-order valence-corrected chi connectivity index (χ1v) is 12.0. The molecule has 2 aromatic carbocycles. The maximum Gasteiger partial charge on any atom is 0.0737 e. The molecule has 164 valence electrons. The summed E-state index contributed by atoms with van der Waals surface area (Å²) in [5.41, 5.74) is 4.13. The molecule has 1 saturated carbocycles. The summed E-state index contributed by atoms with van der Waals surface area (Å²) in [5.74, 6) is 1.33. The topological polar surface area (TPSA) is 49.8 Å². The van der Waals surface area contributed by atoms with Crippen molar-refractivity contribution in [2.24, 2.45) is 11.8 Å². The van der Waals surface area contributed by atoms with E-state index in [1.807, 2.05) is 48.8 Å². The predicted octanol–water partition coefficient (Wildman–Crippen LogP) is 7.42. The Balaban J connectivity index is 1.20. The van der Waals surface area contributed by atoms with Gasteiger partial charge >= 0.3 is 0 Å². The Hall–Kier alpha value is -2.56. The van der Waals surface area contributed by atoms with Crippen molar-refractivity contribution in [3.63, 3.8) is 0 Å². The summed E-state index contributed by atoms with van der Waals surface area (Å²) in [4.78, 5) is 8.89. The van der Waals surface area contributed by atoms with Gasteiger partial charge in [0, 0.05) is 57.7 Å². The van der Waals surface area contributed by atoms with Crippen LogP contribution in [0.2, 0.25) is 10.0 Å². The van der Waals surface area contributed by atoms with Gasteiger partial charge in [0.25, 0.3) is 0 Å². The van der Waals surface area contributed by atoms with Gasteiger partial charge < -0.3 is 10.6 Å². The van der Waals surface area contributed by atoms with Crippen molar-refractivity contribution in [3.05, 3.63) is 71.0 Å². The van der Waals surface area contributed by atoms with E-state index in [1.165, 1.54) is 25.7 Å². The van der Waals surface area contributed by atoms with Crippen molar-refractivity contribution >= 4 is 56.4 Å². The number of anilines is 2. The van der Waals surface area contributed by atoms with Crippen molar-refractivity contribution in [2.45, 2.75) is 25.7 Å². The molecule has 0 amide bonds. The number of hydrogen-bond donors (Lipinski definition) is 2. The van der Waals surface area contributed by atoms with E-state index in [4.69, 9.17) is 23.2 Å². The summed E-state index contributed by atoms with van der Waals surface area (Å²) < 4.78 is 0. The average Bonchev–Trinajstić information content (AvgIpc) is 2.81. The maximum atomic E-state index is 6.12. The average molecular weight is 465 g/mol. The minimum atomic E-state index is 0.666. The summed E-state index contributed by atoms with van der Waals surface area (Å²) in [6, 6.07) is 15.9. The van der Waals surface area contributed by atoms with Crippen LogP contribution in [-0.2, 0) is 0 Å². The van der Waals surface area contributed by atoms with Crippen LogP contribution in [0.4, 0.5) is 11.4 Å². The third-order valence-corrected chi connectivity index (χ3v) is 6.93. The molecule has 1 fully saturated rings. The number of nitrogens with zero attached hydrogens (tertiary/aromatic N) is 2. The van der Waals surface area contributed by atoms with Crippen LogP contribution in [0.25, 0.3) is 21.8 Å².